The highest BCUT2D eigenvalue weighted by atomic mass is 35.5. The molecule has 1 unspecified atom stereocenters. The van der Waals surface area contributed by atoms with Gasteiger partial charge in [-0.1, -0.05) is 48.5 Å². The van der Waals surface area contributed by atoms with Gasteiger partial charge in [-0.2, -0.15) is 0 Å². The van der Waals surface area contributed by atoms with E-state index in [9.17, 15) is 5.11 Å². The summed E-state index contributed by atoms with van der Waals surface area (Å²) in [5, 5.41) is 15.6. The molecule has 102 valence electrons. The molecule has 6 heteroatoms. The molecule has 1 aromatic heterocycles. The van der Waals surface area contributed by atoms with Gasteiger partial charge in [-0.05, 0) is 29.7 Å². The van der Waals surface area contributed by atoms with Crippen LogP contribution in [0.2, 0.25) is 10.0 Å². The minimum atomic E-state index is -0.861. The summed E-state index contributed by atoms with van der Waals surface area (Å²) < 4.78 is 3.94. The first-order chi connectivity index (χ1) is 8.80. The molecule has 0 amide bonds. The molecule has 1 atom stereocenters. The summed E-state index contributed by atoms with van der Waals surface area (Å²) in [6.45, 7) is 6.08. The molecule has 0 bridgehead atoms. The van der Waals surface area contributed by atoms with Crippen molar-refractivity contribution in [2.45, 2.75) is 32.3 Å². The van der Waals surface area contributed by atoms with Crippen molar-refractivity contribution < 1.29 is 5.11 Å². The first-order valence-electron chi connectivity index (χ1n) is 5.76. The third-order valence-electron chi connectivity index (χ3n) is 2.72. The van der Waals surface area contributed by atoms with Gasteiger partial charge in [0.1, 0.15) is 6.10 Å². The van der Waals surface area contributed by atoms with Gasteiger partial charge in [-0.3, -0.25) is 0 Å². The Morgan fingerprint density at radius 1 is 1.26 bits per heavy atom. The quantitative estimate of drug-likeness (QED) is 0.902. The Morgan fingerprint density at radius 3 is 2.58 bits per heavy atom. The second-order valence-corrected chi connectivity index (χ2v) is 6.93. The molecule has 1 aromatic carbocycles. The fourth-order valence-corrected chi connectivity index (χ4v) is 3.03. The van der Waals surface area contributed by atoms with Gasteiger partial charge in [0.15, 0.2) is 0 Å². The second kappa shape index (κ2) is 5.37. The number of aliphatic hydroxyl groups is 1. The predicted octanol–water partition coefficient (Wildman–Crippen LogP) is 4.22. The fourth-order valence-electron chi connectivity index (χ4n) is 1.76. The molecule has 0 fully saturated rings. The van der Waals surface area contributed by atoms with E-state index in [0.717, 1.165) is 5.69 Å². The zero-order valence-electron chi connectivity index (χ0n) is 10.8. The molecule has 19 heavy (non-hydrogen) atoms. The Balaban J connectivity index is 2.48. The van der Waals surface area contributed by atoms with Gasteiger partial charge < -0.3 is 5.11 Å². The molecule has 2 rings (SSSR count). The molecule has 0 aliphatic carbocycles. The molecule has 1 heterocycles. The lowest BCUT2D eigenvalue weighted by Gasteiger charge is -2.19. The molecule has 0 saturated carbocycles. The van der Waals surface area contributed by atoms with Gasteiger partial charge in [-0.25, -0.2) is 0 Å². The molecule has 2 aromatic rings. The van der Waals surface area contributed by atoms with Crippen LogP contribution in [-0.4, -0.2) is 14.7 Å². The van der Waals surface area contributed by atoms with Gasteiger partial charge in [-0.15, -0.1) is 5.10 Å². The van der Waals surface area contributed by atoms with Crippen LogP contribution in [0.25, 0.3) is 0 Å². The molecule has 0 spiro atoms. The van der Waals surface area contributed by atoms with Crippen molar-refractivity contribution in [3.05, 3.63) is 44.4 Å². The molecule has 0 radical (unpaired) electrons. The summed E-state index contributed by atoms with van der Waals surface area (Å²) in [4.78, 5) is 0.705. The third-order valence-corrected chi connectivity index (χ3v) is 4.08. The van der Waals surface area contributed by atoms with Crippen molar-refractivity contribution in [2.24, 2.45) is 0 Å². The summed E-state index contributed by atoms with van der Waals surface area (Å²) in [7, 11) is 0. The number of nitrogens with zero attached hydrogens (tertiary/aromatic N) is 2. The first kappa shape index (κ1) is 14.7. The second-order valence-electron chi connectivity index (χ2n) is 5.30. The van der Waals surface area contributed by atoms with E-state index in [4.69, 9.17) is 23.2 Å². The van der Waals surface area contributed by atoms with E-state index in [2.05, 4.69) is 9.59 Å². The van der Waals surface area contributed by atoms with Crippen molar-refractivity contribution in [3.63, 3.8) is 0 Å². The zero-order chi connectivity index (χ0) is 14.2. The van der Waals surface area contributed by atoms with Crippen molar-refractivity contribution in [1.29, 1.82) is 0 Å². The summed E-state index contributed by atoms with van der Waals surface area (Å²) in [5.41, 5.74) is 1.17. The van der Waals surface area contributed by atoms with Crippen LogP contribution in [0.4, 0.5) is 0 Å². The highest BCUT2D eigenvalue weighted by molar-refractivity contribution is 7.05. The number of hydrogen-bond acceptors (Lipinski definition) is 4. The number of aliphatic hydroxyl groups excluding tert-OH is 1. The van der Waals surface area contributed by atoms with E-state index in [-0.39, 0.29) is 5.41 Å². The molecule has 3 nitrogen and oxygen atoms in total. The highest BCUT2D eigenvalue weighted by Gasteiger charge is 2.28. The van der Waals surface area contributed by atoms with E-state index < -0.39 is 6.10 Å². The molecular weight excluding hydrogens is 303 g/mol. The summed E-state index contributed by atoms with van der Waals surface area (Å²) >= 11 is 13.3. The fraction of sp³-hybridized carbons (Fsp3) is 0.385. The lowest BCUT2D eigenvalue weighted by atomic mass is 9.89. The maximum Gasteiger partial charge on any atom is 0.118 e. The van der Waals surface area contributed by atoms with E-state index in [1.165, 1.54) is 11.5 Å². The van der Waals surface area contributed by atoms with E-state index in [0.29, 0.717) is 20.5 Å². The molecule has 1 N–H and O–H groups in total. The zero-order valence-corrected chi connectivity index (χ0v) is 13.1. The SMILES string of the molecule is CC(C)(C)c1nnsc1C(O)c1cc(Cl)ccc1Cl. The lowest BCUT2D eigenvalue weighted by molar-refractivity contribution is 0.221. The Hall–Kier alpha value is -0.680. The minimum absolute atomic E-state index is 0.186. The van der Waals surface area contributed by atoms with Crippen LogP contribution in [0.1, 0.15) is 43.0 Å². The van der Waals surface area contributed by atoms with Gasteiger partial charge in [0, 0.05) is 21.0 Å². The average Bonchev–Trinajstić information content (AvgIpc) is 2.80. The Labute approximate surface area is 126 Å². The van der Waals surface area contributed by atoms with Crippen molar-refractivity contribution in [2.75, 3.05) is 0 Å². The Morgan fingerprint density at radius 2 is 1.95 bits per heavy atom. The largest absolute Gasteiger partial charge is 0.383 e. The molecule has 0 aliphatic rings. The molecule has 0 aliphatic heterocycles. The van der Waals surface area contributed by atoms with Crippen LogP contribution in [0.15, 0.2) is 18.2 Å². The predicted molar refractivity (Wildman–Crippen MR) is 79.1 cm³/mol. The highest BCUT2D eigenvalue weighted by Crippen LogP contribution is 2.36. The van der Waals surface area contributed by atoms with Gasteiger partial charge in [0.2, 0.25) is 0 Å². The monoisotopic (exact) mass is 316 g/mol. The van der Waals surface area contributed by atoms with Crippen LogP contribution in [0, 0.1) is 0 Å². The summed E-state index contributed by atoms with van der Waals surface area (Å²) in [6, 6.07) is 5.03. The van der Waals surface area contributed by atoms with Gasteiger partial charge in [0.25, 0.3) is 0 Å². The van der Waals surface area contributed by atoms with Crippen LogP contribution < -0.4 is 0 Å². The summed E-state index contributed by atoms with van der Waals surface area (Å²) in [6.07, 6.45) is -0.861. The topological polar surface area (TPSA) is 46.0 Å². The lowest BCUT2D eigenvalue weighted by Crippen LogP contribution is -2.16. The standard InChI is InChI=1S/C13H14Cl2N2OS/c1-13(2,3)12-11(19-17-16-12)10(18)8-6-7(14)4-5-9(8)15/h4-6,10,18H,1-3H3. The Kier molecular flexibility index (Phi) is 4.16. The average molecular weight is 317 g/mol. The van der Waals surface area contributed by atoms with Crippen molar-refractivity contribution in [3.8, 4) is 0 Å². The van der Waals surface area contributed by atoms with E-state index >= 15 is 0 Å². The number of halogens is 2. The smallest absolute Gasteiger partial charge is 0.118 e. The van der Waals surface area contributed by atoms with Crippen LogP contribution in [-0.2, 0) is 5.41 Å². The molecule has 0 saturated heterocycles. The first-order valence-corrected chi connectivity index (χ1v) is 7.29. The van der Waals surface area contributed by atoms with E-state index in [1.54, 1.807) is 18.2 Å². The van der Waals surface area contributed by atoms with Crippen molar-refractivity contribution in [1.82, 2.24) is 9.59 Å². The molecular formula is C13H14Cl2N2OS. The van der Waals surface area contributed by atoms with Gasteiger partial charge in [0.05, 0.1) is 10.6 Å². The maximum atomic E-state index is 10.5. The number of rotatable bonds is 2. The Bertz CT molecular complexity index is 593. The number of benzene rings is 1. The van der Waals surface area contributed by atoms with Crippen molar-refractivity contribution >= 4 is 34.7 Å². The number of aromatic nitrogens is 2. The minimum Gasteiger partial charge on any atom is -0.383 e. The maximum absolute atomic E-state index is 10.5. The normalized spacial score (nSPS) is 13.6. The van der Waals surface area contributed by atoms with Crippen LogP contribution in [0.5, 0.6) is 0 Å². The third kappa shape index (κ3) is 3.08. The van der Waals surface area contributed by atoms with Crippen LogP contribution >= 0.6 is 34.7 Å². The summed E-state index contributed by atoms with van der Waals surface area (Å²) in [5.74, 6) is 0. The van der Waals surface area contributed by atoms with Crippen LogP contribution in [0.3, 0.4) is 0 Å². The van der Waals surface area contributed by atoms with E-state index in [1.807, 2.05) is 20.8 Å². The van der Waals surface area contributed by atoms with Gasteiger partial charge >= 0.3 is 0 Å². The number of hydrogen-bond donors (Lipinski definition) is 1.